The Labute approximate surface area is 129 Å². The van der Waals surface area contributed by atoms with Crippen molar-refractivity contribution in [2.45, 2.75) is 18.8 Å². The Morgan fingerprint density at radius 1 is 1.18 bits per heavy atom. The number of nitriles is 1. The Balaban J connectivity index is 2.49. The zero-order valence-electron chi connectivity index (χ0n) is 12.3. The molecule has 2 aromatic rings. The van der Waals surface area contributed by atoms with Gasteiger partial charge < -0.3 is 4.74 Å². The van der Waals surface area contributed by atoms with Crippen LogP contribution in [0.25, 0.3) is 0 Å². The van der Waals surface area contributed by atoms with Crippen molar-refractivity contribution >= 4 is 5.97 Å². The molecule has 0 aromatic heterocycles. The standard InChI is InChI=1S/C18H16FNO2/c1-2-22-17(21)18(13-20,12-14-6-4-3-5-7-14)15-8-10-16(19)11-9-15/h3-11H,2,12H2,1H3. The van der Waals surface area contributed by atoms with Gasteiger partial charge in [-0.1, -0.05) is 42.5 Å². The van der Waals surface area contributed by atoms with Crippen molar-refractivity contribution in [3.05, 3.63) is 71.5 Å². The molecule has 112 valence electrons. The fourth-order valence-corrected chi connectivity index (χ4v) is 2.33. The molecule has 0 fully saturated rings. The summed E-state index contributed by atoms with van der Waals surface area (Å²) in [7, 11) is 0. The van der Waals surface area contributed by atoms with Crippen molar-refractivity contribution in [3.8, 4) is 6.07 Å². The molecular weight excluding hydrogens is 281 g/mol. The average molecular weight is 297 g/mol. The minimum absolute atomic E-state index is 0.175. The lowest BCUT2D eigenvalue weighted by atomic mass is 9.76. The number of benzene rings is 2. The number of esters is 1. The molecule has 0 radical (unpaired) electrons. The third-order valence-electron chi connectivity index (χ3n) is 3.46. The second kappa shape index (κ2) is 6.86. The number of hydrogen-bond acceptors (Lipinski definition) is 3. The highest BCUT2D eigenvalue weighted by atomic mass is 19.1. The van der Waals surface area contributed by atoms with Gasteiger partial charge in [0, 0.05) is 6.42 Å². The molecule has 2 aromatic carbocycles. The van der Waals surface area contributed by atoms with Gasteiger partial charge in [-0.15, -0.1) is 0 Å². The topological polar surface area (TPSA) is 50.1 Å². The largest absolute Gasteiger partial charge is 0.465 e. The summed E-state index contributed by atoms with van der Waals surface area (Å²) in [6.07, 6.45) is 0.175. The Morgan fingerprint density at radius 2 is 1.82 bits per heavy atom. The van der Waals surface area contributed by atoms with Crippen LogP contribution in [0, 0.1) is 17.1 Å². The summed E-state index contributed by atoms with van der Waals surface area (Å²) in [5, 5.41) is 9.71. The van der Waals surface area contributed by atoms with Crippen LogP contribution < -0.4 is 0 Å². The molecule has 0 aliphatic carbocycles. The first kappa shape index (κ1) is 15.7. The molecule has 22 heavy (non-hydrogen) atoms. The van der Waals surface area contributed by atoms with Crippen LogP contribution in [0.2, 0.25) is 0 Å². The van der Waals surface area contributed by atoms with Crippen molar-refractivity contribution in [1.29, 1.82) is 5.26 Å². The van der Waals surface area contributed by atoms with Crippen LogP contribution in [0.15, 0.2) is 54.6 Å². The third kappa shape index (κ3) is 3.15. The summed E-state index contributed by atoms with van der Waals surface area (Å²) in [6.45, 7) is 1.87. The highest BCUT2D eigenvalue weighted by molar-refractivity contribution is 5.87. The molecule has 0 aliphatic heterocycles. The lowest BCUT2D eigenvalue weighted by Crippen LogP contribution is -2.38. The van der Waals surface area contributed by atoms with Gasteiger partial charge in [-0.25, -0.2) is 9.18 Å². The fourth-order valence-electron chi connectivity index (χ4n) is 2.33. The maximum Gasteiger partial charge on any atom is 0.331 e. The number of ether oxygens (including phenoxy) is 1. The maximum atomic E-state index is 13.2. The molecule has 0 saturated heterocycles. The van der Waals surface area contributed by atoms with Crippen molar-refractivity contribution in [1.82, 2.24) is 0 Å². The zero-order chi connectivity index (χ0) is 16.0. The molecule has 1 atom stereocenters. The summed E-state index contributed by atoms with van der Waals surface area (Å²) >= 11 is 0. The Hall–Kier alpha value is -2.67. The number of nitrogens with zero attached hydrogens (tertiary/aromatic N) is 1. The lowest BCUT2D eigenvalue weighted by Gasteiger charge is -2.25. The van der Waals surface area contributed by atoms with Crippen LogP contribution in [0.1, 0.15) is 18.1 Å². The minimum atomic E-state index is -1.48. The summed E-state index contributed by atoms with van der Waals surface area (Å²) in [6, 6.07) is 16.7. The SMILES string of the molecule is CCOC(=O)C(C#N)(Cc1ccccc1)c1ccc(F)cc1. The van der Waals surface area contributed by atoms with Crippen LogP contribution in [0.3, 0.4) is 0 Å². The minimum Gasteiger partial charge on any atom is -0.465 e. The number of rotatable bonds is 5. The average Bonchev–Trinajstić information content (AvgIpc) is 2.54. The smallest absolute Gasteiger partial charge is 0.331 e. The lowest BCUT2D eigenvalue weighted by molar-refractivity contribution is -0.147. The normalized spacial score (nSPS) is 13.0. The molecule has 0 heterocycles. The van der Waals surface area contributed by atoms with Gasteiger partial charge in [0.1, 0.15) is 5.82 Å². The van der Waals surface area contributed by atoms with Crippen molar-refractivity contribution in [2.24, 2.45) is 0 Å². The second-order valence-corrected chi connectivity index (χ2v) is 4.91. The van der Waals surface area contributed by atoms with Gasteiger partial charge in [-0.05, 0) is 30.2 Å². The highest BCUT2D eigenvalue weighted by Gasteiger charge is 2.42. The van der Waals surface area contributed by atoms with E-state index in [4.69, 9.17) is 4.74 Å². The molecule has 0 amide bonds. The van der Waals surface area contributed by atoms with E-state index in [-0.39, 0.29) is 13.0 Å². The van der Waals surface area contributed by atoms with E-state index >= 15 is 0 Å². The molecule has 0 N–H and O–H groups in total. The first-order chi connectivity index (χ1) is 10.6. The van der Waals surface area contributed by atoms with Crippen LogP contribution in [-0.2, 0) is 21.4 Å². The van der Waals surface area contributed by atoms with E-state index < -0.39 is 17.2 Å². The molecular formula is C18H16FNO2. The molecule has 4 heteroatoms. The van der Waals surface area contributed by atoms with E-state index in [2.05, 4.69) is 6.07 Å². The summed E-state index contributed by atoms with van der Waals surface area (Å²) < 4.78 is 18.3. The van der Waals surface area contributed by atoms with Crippen molar-refractivity contribution in [3.63, 3.8) is 0 Å². The van der Waals surface area contributed by atoms with E-state index in [1.54, 1.807) is 6.92 Å². The fraction of sp³-hybridized carbons (Fsp3) is 0.222. The molecule has 0 spiro atoms. The van der Waals surface area contributed by atoms with E-state index in [0.717, 1.165) is 5.56 Å². The van der Waals surface area contributed by atoms with Crippen LogP contribution >= 0.6 is 0 Å². The Morgan fingerprint density at radius 3 is 2.36 bits per heavy atom. The van der Waals surface area contributed by atoms with E-state index in [1.165, 1.54) is 24.3 Å². The van der Waals surface area contributed by atoms with Crippen molar-refractivity contribution in [2.75, 3.05) is 6.61 Å². The van der Waals surface area contributed by atoms with Crippen molar-refractivity contribution < 1.29 is 13.9 Å². The third-order valence-corrected chi connectivity index (χ3v) is 3.46. The van der Waals surface area contributed by atoms with Gasteiger partial charge in [0.25, 0.3) is 0 Å². The van der Waals surface area contributed by atoms with Gasteiger partial charge >= 0.3 is 5.97 Å². The summed E-state index contributed by atoms with van der Waals surface area (Å²) in [4.78, 5) is 12.4. The van der Waals surface area contributed by atoms with Gasteiger partial charge in [-0.2, -0.15) is 5.26 Å². The molecule has 1 unspecified atom stereocenters. The molecule has 0 bridgehead atoms. The van der Waals surface area contributed by atoms with Crippen LogP contribution in [0.4, 0.5) is 4.39 Å². The molecule has 0 saturated carbocycles. The second-order valence-electron chi connectivity index (χ2n) is 4.91. The first-order valence-electron chi connectivity index (χ1n) is 7.01. The van der Waals surface area contributed by atoms with E-state index in [9.17, 15) is 14.4 Å². The molecule has 3 nitrogen and oxygen atoms in total. The van der Waals surface area contributed by atoms with E-state index in [1.807, 2.05) is 30.3 Å². The van der Waals surface area contributed by atoms with Gasteiger partial charge in [0.05, 0.1) is 12.7 Å². The quantitative estimate of drug-likeness (QED) is 0.795. The number of halogens is 1. The molecule has 2 rings (SSSR count). The monoisotopic (exact) mass is 297 g/mol. The summed E-state index contributed by atoms with van der Waals surface area (Å²) in [5.41, 5.74) is -0.217. The zero-order valence-corrected chi connectivity index (χ0v) is 12.3. The predicted octanol–water partition coefficient (Wildman–Crippen LogP) is 3.39. The number of hydrogen-bond donors (Lipinski definition) is 0. The Bertz CT molecular complexity index is 676. The van der Waals surface area contributed by atoms with Gasteiger partial charge in [0.15, 0.2) is 5.41 Å². The predicted molar refractivity (Wildman–Crippen MR) is 80.5 cm³/mol. The van der Waals surface area contributed by atoms with Gasteiger partial charge in [0.2, 0.25) is 0 Å². The number of carbonyl (C=O) groups excluding carboxylic acids is 1. The Kier molecular flexibility index (Phi) is 4.90. The van der Waals surface area contributed by atoms with Crippen LogP contribution in [-0.4, -0.2) is 12.6 Å². The first-order valence-corrected chi connectivity index (χ1v) is 7.01. The van der Waals surface area contributed by atoms with Crippen LogP contribution in [0.5, 0.6) is 0 Å². The summed E-state index contributed by atoms with van der Waals surface area (Å²) in [5.74, 6) is -1.04. The van der Waals surface area contributed by atoms with Gasteiger partial charge in [-0.3, -0.25) is 0 Å². The highest BCUT2D eigenvalue weighted by Crippen LogP contribution is 2.30. The molecule has 0 aliphatic rings. The maximum absolute atomic E-state index is 13.2. The number of carbonyl (C=O) groups is 1. The van der Waals surface area contributed by atoms with E-state index in [0.29, 0.717) is 5.56 Å².